The molecule has 0 saturated heterocycles. The van der Waals surface area contributed by atoms with E-state index in [1.54, 1.807) is 25.3 Å². The molecule has 3 aromatic carbocycles. The number of anilines is 1. The minimum Gasteiger partial charge on any atom is -0.493 e. The monoisotopic (exact) mass is 456 g/mol. The lowest BCUT2D eigenvalue weighted by molar-refractivity contribution is -0.137. The number of hydrogen-bond acceptors (Lipinski definition) is 5. The van der Waals surface area contributed by atoms with Crippen LogP contribution in [-0.4, -0.2) is 30.9 Å². The first kappa shape index (κ1) is 23.1. The van der Waals surface area contributed by atoms with Gasteiger partial charge in [0.25, 0.3) is 11.8 Å². The standard InChI is InChI=1S/C28H28N2O4/c1-18(2)20-10-13-22(14-11-20)29-26-25(21-12-15-23(33-3)24(16-21)34-4)27(31)30(28(26)32)17-19-8-6-5-7-9-19/h5-16,18,29H,17H2,1-4H3. The maximum Gasteiger partial charge on any atom is 0.278 e. The number of benzene rings is 3. The van der Waals surface area contributed by atoms with Gasteiger partial charge in [-0.3, -0.25) is 14.5 Å². The van der Waals surface area contributed by atoms with Crippen LogP contribution in [0.4, 0.5) is 5.69 Å². The quantitative estimate of drug-likeness (QED) is 0.471. The van der Waals surface area contributed by atoms with Crippen molar-refractivity contribution in [2.24, 2.45) is 0 Å². The second-order valence-electron chi connectivity index (χ2n) is 8.40. The summed E-state index contributed by atoms with van der Waals surface area (Å²) in [5.41, 5.74) is 3.92. The number of amides is 2. The second-order valence-corrected chi connectivity index (χ2v) is 8.40. The number of nitrogens with one attached hydrogen (secondary N) is 1. The Hall–Kier alpha value is -4.06. The second kappa shape index (κ2) is 9.83. The third-order valence-corrected chi connectivity index (χ3v) is 5.87. The van der Waals surface area contributed by atoms with Crippen molar-refractivity contribution in [1.29, 1.82) is 0 Å². The molecule has 0 saturated carbocycles. The van der Waals surface area contributed by atoms with Gasteiger partial charge >= 0.3 is 0 Å². The Balaban J connectivity index is 1.76. The molecule has 6 heteroatoms. The third kappa shape index (κ3) is 4.53. The number of carbonyl (C=O) groups excluding carboxylic acids is 2. The van der Waals surface area contributed by atoms with Crippen molar-refractivity contribution in [3.05, 3.63) is 95.2 Å². The average molecular weight is 457 g/mol. The van der Waals surface area contributed by atoms with Gasteiger partial charge in [0.05, 0.1) is 26.3 Å². The van der Waals surface area contributed by atoms with E-state index in [0.29, 0.717) is 28.6 Å². The lowest BCUT2D eigenvalue weighted by Gasteiger charge is -2.15. The molecule has 1 aliphatic heterocycles. The molecule has 0 bridgehead atoms. The molecule has 174 valence electrons. The summed E-state index contributed by atoms with van der Waals surface area (Å²) in [6, 6.07) is 22.6. The van der Waals surface area contributed by atoms with Crippen molar-refractivity contribution in [3.8, 4) is 11.5 Å². The van der Waals surface area contributed by atoms with Gasteiger partial charge in [-0.2, -0.15) is 0 Å². The van der Waals surface area contributed by atoms with E-state index in [9.17, 15) is 9.59 Å². The molecule has 1 N–H and O–H groups in total. The fourth-order valence-corrected chi connectivity index (χ4v) is 3.96. The maximum atomic E-state index is 13.6. The summed E-state index contributed by atoms with van der Waals surface area (Å²) >= 11 is 0. The van der Waals surface area contributed by atoms with Crippen molar-refractivity contribution in [1.82, 2.24) is 4.90 Å². The van der Waals surface area contributed by atoms with E-state index in [-0.39, 0.29) is 24.1 Å². The van der Waals surface area contributed by atoms with Gasteiger partial charge in [0.2, 0.25) is 0 Å². The molecule has 1 aliphatic rings. The first-order chi connectivity index (χ1) is 16.4. The highest BCUT2D eigenvalue weighted by atomic mass is 16.5. The van der Waals surface area contributed by atoms with Crippen LogP contribution in [0.5, 0.6) is 11.5 Å². The Bertz CT molecular complexity index is 1230. The SMILES string of the molecule is COc1ccc(C2=C(Nc3ccc(C(C)C)cc3)C(=O)N(Cc3ccccc3)C2=O)cc1OC. The molecule has 0 atom stereocenters. The van der Waals surface area contributed by atoms with E-state index in [0.717, 1.165) is 11.3 Å². The van der Waals surface area contributed by atoms with E-state index < -0.39 is 0 Å². The topological polar surface area (TPSA) is 67.9 Å². The first-order valence-corrected chi connectivity index (χ1v) is 11.2. The Kier molecular flexibility index (Phi) is 6.68. The molecule has 4 rings (SSSR count). The number of hydrogen-bond donors (Lipinski definition) is 1. The van der Waals surface area contributed by atoms with Gasteiger partial charge in [-0.25, -0.2) is 0 Å². The molecule has 0 spiro atoms. The maximum absolute atomic E-state index is 13.6. The summed E-state index contributed by atoms with van der Waals surface area (Å²) in [6.07, 6.45) is 0. The van der Waals surface area contributed by atoms with Crippen molar-refractivity contribution in [3.63, 3.8) is 0 Å². The highest BCUT2D eigenvalue weighted by Crippen LogP contribution is 2.36. The normalized spacial score (nSPS) is 13.6. The number of ether oxygens (including phenoxy) is 2. The van der Waals surface area contributed by atoms with Crippen molar-refractivity contribution >= 4 is 23.1 Å². The molecule has 0 radical (unpaired) electrons. The number of rotatable bonds is 8. The summed E-state index contributed by atoms with van der Waals surface area (Å²) in [7, 11) is 3.09. The summed E-state index contributed by atoms with van der Waals surface area (Å²) in [5.74, 6) is 0.694. The predicted molar refractivity (Wildman–Crippen MR) is 133 cm³/mol. The molecular formula is C28H28N2O4. The van der Waals surface area contributed by atoms with Crippen LogP contribution in [0.15, 0.2) is 78.5 Å². The number of nitrogens with zero attached hydrogens (tertiary/aromatic N) is 1. The Morgan fingerprint density at radius 1 is 0.824 bits per heavy atom. The number of imide groups is 1. The number of carbonyl (C=O) groups is 2. The molecule has 0 aliphatic carbocycles. The fraction of sp³-hybridized carbons (Fsp3) is 0.214. The Morgan fingerprint density at radius 2 is 1.50 bits per heavy atom. The van der Waals surface area contributed by atoms with Crippen LogP contribution in [0.2, 0.25) is 0 Å². The molecule has 0 unspecified atom stereocenters. The molecule has 0 aromatic heterocycles. The number of methoxy groups -OCH3 is 2. The lowest BCUT2D eigenvalue weighted by atomic mass is 10.0. The van der Waals surface area contributed by atoms with Crippen LogP contribution in [0, 0.1) is 0 Å². The van der Waals surface area contributed by atoms with Crippen LogP contribution in [0.25, 0.3) is 5.57 Å². The van der Waals surface area contributed by atoms with Gasteiger partial charge in [0.15, 0.2) is 11.5 Å². The van der Waals surface area contributed by atoms with Crippen LogP contribution in [-0.2, 0) is 16.1 Å². The zero-order chi connectivity index (χ0) is 24.2. The van der Waals surface area contributed by atoms with Gasteiger partial charge in [0.1, 0.15) is 5.70 Å². The summed E-state index contributed by atoms with van der Waals surface area (Å²) < 4.78 is 10.8. The first-order valence-electron chi connectivity index (χ1n) is 11.2. The van der Waals surface area contributed by atoms with E-state index in [4.69, 9.17) is 9.47 Å². The van der Waals surface area contributed by atoms with Gasteiger partial charge in [-0.15, -0.1) is 0 Å². The molecule has 6 nitrogen and oxygen atoms in total. The zero-order valence-electron chi connectivity index (χ0n) is 19.8. The van der Waals surface area contributed by atoms with Gasteiger partial charge in [-0.05, 0) is 46.9 Å². The van der Waals surface area contributed by atoms with Crippen LogP contribution in [0.1, 0.15) is 36.5 Å². The Labute approximate surface area is 199 Å². The predicted octanol–water partition coefficient (Wildman–Crippen LogP) is 5.22. The highest BCUT2D eigenvalue weighted by Gasteiger charge is 2.39. The molecular weight excluding hydrogens is 428 g/mol. The average Bonchev–Trinajstić information content (AvgIpc) is 3.08. The zero-order valence-corrected chi connectivity index (χ0v) is 19.8. The van der Waals surface area contributed by atoms with Gasteiger partial charge in [-0.1, -0.05) is 62.4 Å². The van der Waals surface area contributed by atoms with Gasteiger partial charge < -0.3 is 14.8 Å². The lowest BCUT2D eigenvalue weighted by Crippen LogP contribution is -2.31. The molecule has 1 heterocycles. The van der Waals surface area contributed by atoms with E-state index in [2.05, 4.69) is 19.2 Å². The van der Waals surface area contributed by atoms with Gasteiger partial charge in [0, 0.05) is 5.69 Å². The molecule has 3 aromatic rings. The summed E-state index contributed by atoms with van der Waals surface area (Å²) in [6.45, 7) is 4.44. The molecule has 0 fully saturated rings. The van der Waals surface area contributed by atoms with E-state index in [1.165, 1.54) is 17.6 Å². The largest absolute Gasteiger partial charge is 0.493 e. The van der Waals surface area contributed by atoms with Crippen LogP contribution >= 0.6 is 0 Å². The Morgan fingerprint density at radius 3 is 2.12 bits per heavy atom. The molecule has 34 heavy (non-hydrogen) atoms. The minimum atomic E-state index is -0.369. The summed E-state index contributed by atoms with van der Waals surface area (Å²) in [5, 5.41) is 3.21. The third-order valence-electron chi connectivity index (χ3n) is 5.87. The van der Waals surface area contributed by atoms with Crippen LogP contribution in [0.3, 0.4) is 0 Å². The van der Waals surface area contributed by atoms with Crippen molar-refractivity contribution < 1.29 is 19.1 Å². The minimum absolute atomic E-state index is 0.187. The fourth-order valence-electron chi connectivity index (χ4n) is 3.96. The van der Waals surface area contributed by atoms with E-state index in [1.807, 2.05) is 54.6 Å². The highest BCUT2D eigenvalue weighted by molar-refractivity contribution is 6.36. The smallest absolute Gasteiger partial charge is 0.278 e. The van der Waals surface area contributed by atoms with Crippen LogP contribution < -0.4 is 14.8 Å². The van der Waals surface area contributed by atoms with E-state index >= 15 is 0 Å². The van der Waals surface area contributed by atoms with Crippen molar-refractivity contribution in [2.45, 2.75) is 26.3 Å². The van der Waals surface area contributed by atoms with Crippen molar-refractivity contribution in [2.75, 3.05) is 19.5 Å². The summed E-state index contributed by atoms with van der Waals surface area (Å²) in [4.78, 5) is 28.3. The molecule has 2 amide bonds.